The summed E-state index contributed by atoms with van der Waals surface area (Å²) in [5.74, 6) is 1.06. The van der Waals surface area contributed by atoms with Gasteiger partial charge >= 0.3 is 0 Å². The molecule has 110 valence electrons. The number of fused-ring (bicyclic) bond motifs is 1. The smallest absolute Gasteiger partial charge is 0.124 e. The van der Waals surface area contributed by atoms with Crippen molar-refractivity contribution in [3.05, 3.63) is 33.9 Å². The fourth-order valence-electron chi connectivity index (χ4n) is 3.30. The van der Waals surface area contributed by atoms with Crippen molar-refractivity contribution in [2.24, 2.45) is 0 Å². The maximum Gasteiger partial charge on any atom is 0.124 e. The van der Waals surface area contributed by atoms with Crippen LogP contribution in [-0.2, 0) is 6.42 Å². The van der Waals surface area contributed by atoms with Crippen LogP contribution in [0.3, 0.4) is 0 Å². The molecule has 1 aliphatic rings. The van der Waals surface area contributed by atoms with Crippen LogP contribution in [0, 0.1) is 13.8 Å². The van der Waals surface area contributed by atoms with Crippen LogP contribution in [0.2, 0.25) is 0 Å². The van der Waals surface area contributed by atoms with Gasteiger partial charge in [0, 0.05) is 6.54 Å². The first kappa shape index (κ1) is 15.1. The summed E-state index contributed by atoms with van der Waals surface area (Å²) in [5, 5.41) is 0. The molecule has 2 rings (SSSR count). The van der Waals surface area contributed by atoms with Crippen molar-refractivity contribution in [1.82, 2.24) is 4.90 Å². The predicted molar refractivity (Wildman–Crippen MR) is 86.6 cm³/mol. The predicted octanol–water partition coefficient (Wildman–Crippen LogP) is 3.98. The monoisotopic (exact) mass is 273 g/mol. The summed E-state index contributed by atoms with van der Waals surface area (Å²) in [7, 11) is 6.06. The molecule has 0 amide bonds. The molecular weight excluding hydrogens is 246 g/mol. The van der Waals surface area contributed by atoms with Gasteiger partial charge in [-0.3, -0.25) is 0 Å². The first-order valence-electron chi connectivity index (χ1n) is 7.46. The second-order valence-electron chi connectivity index (χ2n) is 6.16. The highest BCUT2D eigenvalue weighted by molar-refractivity contribution is 5.74. The molecule has 0 saturated carbocycles. The number of allylic oxidation sites excluding steroid dienone is 1. The van der Waals surface area contributed by atoms with Gasteiger partial charge in [0.2, 0.25) is 0 Å². The Hall–Kier alpha value is -1.28. The molecule has 0 atom stereocenters. The van der Waals surface area contributed by atoms with Gasteiger partial charge in [0.25, 0.3) is 0 Å². The van der Waals surface area contributed by atoms with Gasteiger partial charge in [-0.05, 0) is 88.0 Å². The molecule has 0 fully saturated rings. The molecule has 2 nitrogen and oxygen atoms in total. The van der Waals surface area contributed by atoms with E-state index < -0.39 is 0 Å². The van der Waals surface area contributed by atoms with E-state index in [1.807, 2.05) is 0 Å². The lowest BCUT2D eigenvalue weighted by molar-refractivity contribution is 0.407. The minimum Gasteiger partial charge on any atom is -0.496 e. The molecule has 1 aromatic carbocycles. The lowest BCUT2D eigenvalue weighted by atomic mass is 9.81. The van der Waals surface area contributed by atoms with E-state index in [9.17, 15) is 0 Å². The average Bonchev–Trinajstić information content (AvgIpc) is 2.39. The highest BCUT2D eigenvalue weighted by Crippen LogP contribution is 2.39. The number of rotatable bonds is 4. The van der Waals surface area contributed by atoms with Crippen LogP contribution in [-0.4, -0.2) is 32.6 Å². The molecule has 2 heteroatoms. The molecule has 0 bridgehead atoms. The molecule has 0 aromatic heterocycles. The first-order chi connectivity index (χ1) is 9.45. The second kappa shape index (κ2) is 6.01. The van der Waals surface area contributed by atoms with Crippen molar-refractivity contribution in [3.63, 3.8) is 0 Å². The van der Waals surface area contributed by atoms with Crippen LogP contribution < -0.4 is 4.74 Å². The number of nitrogens with zero attached hydrogens (tertiary/aromatic N) is 1. The molecule has 1 aromatic rings. The molecular formula is C18H27NO. The Morgan fingerprint density at radius 1 is 1.15 bits per heavy atom. The van der Waals surface area contributed by atoms with Gasteiger partial charge in [-0.2, -0.15) is 0 Å². The van der Waals surface area contributed by atoms with E-state index in [2.05, 4.69) is 45.8 Å². The van der Waals surface area contributed by atoms with Gasteiger partial charge in [-0.25, -0.2) is 0 Å². The van der Waals surface area contributed by atoms with Crippen LogP contribution in [0.1, 0.15) is 42.0 Å². The van der Waals surface area contributed by atoms with Crippen LogP contribution in [0.25, 0.3) is 5.57 Å². The number of hydrogen-bond acceptors (Lipinski definition) is 2. The molecule has 0 spiro atoms. The summed E-state index contributed by atoms with van der Waals surface area (Å²) in [5.41, 5.74) is 8.61. The Morgan fingerprint density at radius 2 is 1.85 bits per heavy atom. The van der Waals surface area contributed by atoms with Crippen LogP contribution in [0.15, 0.2) is 11.6 Å². The second-order valence-corrected chi connectivity index (χ2v) is 6.16. The molecule has 0 radical (unpaired) electrons. The number of hydrogen-bond donors (Lipinski definition) is 0. The average molecular weight is 273 g/mol. The first-order valence-corrected chi connectivity index (χ1v) is 7.46. The molecule has 1 aliphatic carbocycles. The molecule has 0 heterocycles. The van der Waals surface area contributed by atoms with Crippen molar-refractivity contribution in [2.75, 3.05) is 27.7 Å². The lowest BCUT2D eigenvalue weighted by Gasteiger charge is -2.26. The van der Waals surface area contributed by atoms with E-state index in [0.717, 1.165) is 18.7 Å². The minimum absolute atomic E-state index is 1.06. The highest BCUT2D eigenvalue weighted by atomic mass is 16.5. The van der Waals surface area contributed by atoms with E-state index in [0.29, 0.717) is 0 Å². The summed E-state index contributed by atoms with van der Waals surface area (Å²) in [6.45, 7) is 7.76. The van der Waals surface area contributed by atoms with Crippen LogP contribution >= 0.6 is 0 Å². The molecule has 0 unspecified atom stereocenters. The van der Waals surface area contributed by atoms with Crippen molar-refractivity contribution in [3.8, 4) is 5.75 Å². The summed E-state index contributed by atoms with van der Waals surface area (Å²) in [4.78, 5) is 2.26. The van der Waals surface area contributed by atoms with E-state index in [-0.39, 0.29) is 0 Å². The third-order valence-electron chi connectivity index (χ3n) is 4.51. The third kappa shape index (κ3) is 2.76. The van der Waals surface area contributed by atoms with Crippen molar-refractivity contribution < 1.29 is 4.74 Å². The minimum atomic E-state index is 1.06. The summed E-state index contributed by atoms with van der Waals surface area (Å²) >= 11 is 0. The Balaban J connectivity index is 2.42. The van der Waals surface area contributed by atoms with Gasteiger partial charge in [0.1, 0.15) is 5.75 Å². The number of methoxy groups -OCH3 is 1. The summed E-state index contributed by atoms with van der Waals surface area (Å²) in [6, 6.07) is 2.31. The Bertz CT molecular complexity index is 541. The fourth-order valence-corrected chi connectivity index (χ4v) is 3.30. The SMILES string of the molecule is COc1c(C)cc2c(c1C)CCC(CCN(C)C)=C2C. The van der Waals surface area contributed by atoms with Gasteiger partial charge in [0.15, 0.2) is 0 Å². The molecule has 0 N–H and O–H groups in total. The van der Waals surface area contributed by atoms with Gasteiger partial charge in [-0.15, -0.1) is 0 Å². The van der Waals surface area contributed by atoms with E-state index in [1.165, 1.54) is 40.7 Å². The standard InChI is InChI=1S/C18H27NO/c1-12-11-17-13(2)15(9-10-19(4)5)7-8-16(17)14(3)18(12)20-6/h11H,7-10H2,1-6H3. The number of ether oxygens (including phenoxy) is 1. The van der Waals surface area contributed by atoms with Crippen LogP contribution in [0.4, 0.5) is 0 Å². The molecule has 0 saturated heterocycles. The van der Waals surface area contributed by atoms with Gasteiger partial charge in [-0.1, -0.05) is 5.57 Å². The quantitative estimate of drug-likeness (QED) is 0.822. The van der Waals surface area contributed by atoms with Crippen LogP contribution in [0.5, 0.6) is 5.75 Å². The Kier molecular flexibility index (Phi) is 4.54. The maximum atomic E-state index is 5.56. The van der Waals surface area contributed by atoms with E-state index in [4.69, 9.17) is 4.74 Å². The zero-order valence-corrected chi connectivity index (χ0v) is 13.8. The largest absolute Gasteiger partial charge is 0.496 e. The summed E-state index contributed by atoms with van der Waals surface area (Å²) < 4.78 is 5.56. The normalized spacial score (nSPS) is 14.8. The maximum absolute atomic E-state index is 5.56. The molecule has 0 aliphatic heterocycles. The zero-order valence-electron chi connectivity index (χ0n) is 13.8. The third-order valence-corrected chi connectivity index (χ3v) is 4.51. The Labute approximate surface area is 123 Å². The Morgan fingerprint density at radius 3 is 2.45 bits per heavy atom. The fraction of sp³-hybridized carbons (Fsp3) is 0.556. The van der Waals surface area contributed by atoms with Gasteiger partial charge in [0.05, 0.1) is 7.11 Å². The van der Waals surface area contributed by atoms with E-state index >= 15 is 0 Å². The number of aryl methyl sites for hydroxylation is 1. The van der Waals surface area contributed by atoms with Crippen molar-refractivity contribution >= 4 is 5.57 Å². The van der Waals surface area contributed by atoms with Crippen molar-refractivity contribution in [1.29, 1.82) is 0 Å². The highest BCUT2D eigenvalue weighted by Gasteiger charge is 2.20. The summed E-state index contributed by atoms with van der Waals surface area (Å²) in [6.07, 6.45) is 3.53. The lowest BCUT2D eigenvalue weighted by Crippen LogP contribution is -2.15. The molecule has 20 heavy (non-hydrogen) atoms. The van der Waals surface area contributed by atoms with Gasteiger partial charge < -0.3 is 9.64 Å². The van der Waals surface area contributed by atoms with E-state index in [1.54, 1.807) is 12.7 Å². The number of benzene rings is 1. The topological polar surface area (TPSA) is 12.5 Å². The zero-order chi connectivity index (χ0) is 14.9. The van der Waals surface area contributed by atoms with Crippen molar-refractivity contribution in [2.45, 2.75) is 40.0 Å².